The highest BCUT2D eigenvalue weighted by atomic mass is 16.5. The predicted molar refractivity (Wildman–Crippen MR) is 122 cm³/mol. The van der Waals surface area contributed by atoms with Gasteiger partial charge in [0.15, 0.2) is 0 Å². The van der Waals surface area contributed by atoms with Gasteiger partial charge in [0.1, 0.15) is 6.10 Å². The van der Waals surface area contributed by atoms with Crippen molar-refractivity contribution < 1.29 is 14.9 Å². The molecule has 0 aliphatic heterocycles. The second kappa shape index (κ2) is 24.9. The molecule has 0 saturated carbocycles. The first kappa shape index (κ1) is 27.9. The second-order valence-corrected chi connectivity index (χ2v) is 8.63. The van der Waals surface area contributed by atoms with E-state index in [1.807, 2.05) is 0 Å². The Morgan fingerprint density at radius 1 is 0.536 bits per heavy atom. The van der Waals surface area contributed by atoms with Gasteiger partial charge in [0, 0.05) is 6.61 Å². The van der Waals surface area contributed by atoms with Crippen LogP contribution in [0.3, 0.4) is 0 Å². The lowest BCUT2D eigenvalue weighted by molar-refractivity contribution is 0.00526. The van der Waals surface area contributed by atoms with E-state index in [2.05, 4.69) is 6.92 Å². The minimum atomic E-state index is -0.717. The molecule has 1 unspecified atom stereocenters. The molecule has 170 valence electrons. The second-order valence-electron chi connectivity index (χ2n) is 8.63. The summed E-state index contributed by atoms with van der Waals surface area (Å²) in [5, 5.41) is 17.8. The summed E-state index contributed by atoms with van der Waals surface area (Å²) < 4.78 is 5.31. The fourth-order valence-corrected chi connectivity index (χ4v) is 3.73. The lowest BCUT2D eigenvalue weighted by Crippen LogP contribution is -2.19. The molecule has 0 aromatic rings. The molecule has 0 saturated heterocycles. The van der Waals surface area contributed by atoms with Crippen LogP contribution in [0.4, 0.5) is 0 Å². The number of hydrogen-bond acceptors (Lipinski definition) is 3. The molecule has 2 N–H and O–H groups in total. The summed E-state index contributed by atoms with van der Waals surface area (Å²) in [5.41, 5.74) is 0. The zero-order valence-corrected chi connectivity index (χ0v) is 19.1. The standard InChI is InChI=1S/C25H52O3/c1-2-3-4-5-6-7-8-9-10-11-12-13-14-15-16-17-18-19-20-21-22-28-24-25(27)23-26/h25-27H,2-24H2,1H3. The Morgan fingerprint density at radius 3 is 1.18 bits per heavy atom. The number of unbranched alkanes of at least 4 members (excludes halogenated alkanes) is 19. The molecule has 1 atom stereocenters. The summed E-state index contributed by atoms with van der Waals surface area (Å²) in [6, 6.07) is 0. The normalized spacial score (nSPS) is 12.5. The maximum atomic E-state index is 9.15. The Hall–Kier alpha value is -0.120. The van der Waals surface area contributed by atoms with Crippen molar-refractivity contribution in [2.75, 3.05) is 19.8 Å². The van der Waals surface area contributed by atoms with Gasteiger partial charge in [0.05, 0.1) is 13.2 Å². The molecule has 0 spiro atoms. The first-order valence-electron chi connectivity index (χ1n) is 12.7. The van der Waals surface area contributed by atoms with Gasteiger partial charge < -0.3 is 14.9 Å². The summed E-state index contributed by atoms with van der Waals surface area (Å²) in [7, 11) is 0. The third-order valence-electron chi connectivity index (χ3n) is 5.66. The molecule has 0 aromatic carbocycles. The molecule has 28 heavy (non-hydrogen) atoms. The van der Waals surface area contributed by atoms with Crippen molar-refractivity contribution in [3.05, 3.63) is 0 Å². The number of hydrogen-bond donors (Lipinski definition) is 2. The molecule has 0 bridgehead atoms. The van der Waals surface area contributed by atoms with Gasteiger partial charge in [-0.05, 0) is 6.42 Å². The highest BCUT2D eigenvalue weighted by Gasteiger charge is 2.00. The molecule has 0 aliphatic rings. The van der Waals surface area contributed by atoms with E-state index in [9.17, 15) is 0 Å². The fourth-order valence-electron chi connectivity index (χ4n) is 3.73. The first-order chi connectivity index (χ1) is 13.8. The lowest BCUT2D eigenvalue weighted by Gasteiger charge is -2.08. The van der Waals surface area contributed by atoms with E-state index in [4.69, 9.17) is 14.9 Å². The summed E-state index contributed by atoms with van der Waals surface area (Å²) in [6.07, 6.45) is 27.2. The topological polar surface area (TPSA) is 49.7 Å². The number of rotatable bonds is 24. The largest absolute Gasteiger partial charge is 0.394 e. The van der Waals surface area contributed by atoms with Crippen LogP contribution >= 0.6 is 0 Å². The molecule has 0 aliphatic carbocycles. The zero-order valence-electron chi connectivity index (χ0n) is 19.1. The molecule has 3 nitrogen and oxygen atoms in total. The third-order valence-corrected chi connectivity index (χ3v) is 5.66. The molecular weight excluding hydrogens is 348 g/mol. The monoisotopic (exact) mass is 400 g/mol. The molecule has 0 rings (SSSR count). The molecule has 0 heterocycles. The van der Waals surface area contributed by atoms with Crippen LogP contribution in [0.5, 0.6) is 0 Å². The summed E-state index contributed by atoms with van der Waals surface area (Å²) in [5.74, 6) is 0. The van der Waals surface area contributed by atoms with Crippen molar-refractivity contribution in [1.82, 2.24) is 0 Å². The van der Waals surface area contributed by atoms with E-state index >= 15 is 0 Å². The van der Waals surface area contributed by atoms with Crippen LogP contribution in [0, 0.1) is 0 Å². The molecular formula is C25H52O3. The van der Waals surface area contributed by atoms with E-state index in [-0.39, 0.29) is 13.2 Å². The average Bonchev–Trinajstić information content (AvgIpc) is 2.71. The van der Waals surface area contributed by atoms with Gasteiger partial charge in [-0.25, -0.2) is 0 Å². The van der Waals surface area contributed by atoms with Crippen molar-refractivity contribution in [3.8, 4) is 0 Å². The summed E-state index contributed by atoms with van der Waals surface area (Å²) in [6.45, 7) is 3.04. The van der Waals surface area contributed by atoms with Crippen LogP contribution in [0.25, 0.3) is 0 Å². The first-order valence-corrected chi connectivity index (χ1v) is 12.7. The zero-order chi connectivity index (χ0) is 20.5. The average molecular weight is 401 g/mol. The Labute approximate surface area is 176 Å². The highest BCUT2D eigenvalue weighted by Crippen LogP contribution is 2.14. The van der Waals surface area contributed by atoms with Crippen molar-refractivity contribution in [1.29, 1.82) is 0 Å². The summed E-state index contributed by atoms with van der Waals surface area (Å²) >= 11 is 0. The minimum Gasteiger partial charge on any atom is -0.394 e. The van der Waals surface area contributed by atoms with Gasteiger partial charge in [-0.2, -0.15) is 0 Å². The van der Waals surface area contributed by atoms with Gasteiger partial charge in [-0.1, -0.05) is 129 Å². The SMILES string of the molecule is CCCCCCCCCCCCCCCCCCCCCCOCC(O)CO. The van der Waals surface area contributed by atoms with Crippen molar-refractivity contribution >= 4 is 0 Å². The lowest BCUT2D eigenvalue weighted by atomic mass is 10.0. The van der Waals surface area contributed by atoms with Crippen LogP contribution in [-0.4, -0.2) is 36.1 Å². The molecule has 3 heteroatoms. The fraction of sp³-hybridized carbons (Fsp3) is 1.00. The van der Waals surface area contributed by atoms with Crippen LogP contribution in [0.15, 0.2) is 0 Å². The van der Waals surface area contributed by atoms with E-state index < -0.39 is 6.10 Å². The van der Waals surface area contributed by atoms with Crippen molar-refractivity contribution in [3.63, 3.8) is 0 Å². The predicted octanol–water partition coefficient (Wildman–Crippen LogP) is 7.18. The number of aliphatic hydroxyl groups excluding tert-OH is 2. The highest BCUT2D eigenvalue weighted by molar-refractivity contribution is 4.52. The van der Waals surface area contributed by atoms with Gasteiger partial charge in [0.25, 0.3) is 0 Å². The maximum Gasteiger partial charge on any atom is 0.100 e. The minimum absolute atomic E-state index is 0.209. The van der Waals surface area contributed by atoms with Crippen LogP contribution in [0.1, 0.15) is 135 Å². The molecule has 0 amide bonds. The number of aliphatic hydroxyl groups is 2. The Bertz CT molecular complexity index is 271. The molecule has 0 aromatic heterocycles. The smallest absolute Gasteiger partial charge is 0.100 e. The Balaban J connectivity index is 3.00. The van der Waals surface area contributed by atoms with Crippen molar-refractivity contribution in [2.24, 2.45) is 0 Å². The van der Waals surface area contributed by atoms with Gasteiger partial charge in [-0.3, -0.25) is 0 Å². The Kier molecular flexibility index (Phi) is 24.8. The van der Waals surface area contributed by atoms with E-state index in [0.717, 1.165) is 6.42 Å². The van der Waals surface area contributed by atoms with Gasteiger partial charge >= 0.3 is 0 Å². The third kappa shape index (κ3) is 23.9. The van der Waals surface area contributed by atoms with Crippen molar-refractivity contribution in [2.45, 2.75) is 141 Å². The number of ether oxygens (including phenoxy) is 1. The van der Waals surface area contributed by atoms with Gasteiger partial charge in [-0.15, -0.1) is 0 Å². The Morgan fingerprint density at radius 2 is 0.857 bits per heavy atom. The van der Waals surface area contributed by atoms with E-state index in [1.54, 1.807) is 0 Å². The molecule has 0 radical (unpaired) electrons. The van der Waals surface area contributed by atoms with Crippen LogP contribution < -0.4 is 0 Å². The van der Waals surface area contributed by atoms with E-state index in [1.165, 1.54) is 122 Å². The maximum absolute atomic E-state index is 9.15. The van der Waals surface area contributed by atoms with Gasteiger partial charge in [0.2, 0.25) is 0 Å². The molecule has 0 fully saturated rings. The van der Waals surface area contributed by atoms with Crippen LogP contribution in [0.2, 0.25) is 0 Å². The van der Waals surface area contributed by atoms with E-state index in [0.29, 0.717) is 6.61 Å². The quantitative estimate of drug-likeness (QED) is 0.169. The van der Waals surface area contributed by atoms with Crippen LogP contribution in [-0.2, 0) is 4.74 Å². The summed E-state index contributed by atoms with van der Waals surface area (Å²) in [4.78, 5) is 0.